The third-order valence-electron chi connectivity index (χ3n) is 4.59. The van der Waals surface area contributed by atoms with E-state index in [0.717, 1.165) is 41.7 Å². The molecule has 0 spiro atoms. The molecule has 134 valence electrons. The standard InChI is InChI=1S/C21H26O4/c1-3-24-18-12-10-15(11-13-18)21(22)17-7-4-6-16(14-17)19-8-5-9-20(23-2)25-19/h4,6-7,10-14,19-22H,3,5,8-9H2,1-2H3/t19-,20-,21?/m0/s1. The van der Waals surface area contributed by atoms with Crippen LogP contribution in [0.25, 0.3) is 0 Å². The van der Waals surface area contributed by atoms with Gasteiger partial charge in [0.15, 0.2) is 6.29 Å². The molecule has 0 amide bonds. The first-order valence-corrected chi connectivity index (χ1v) is 8.90. The average Bonchev–Trinajstić information content (AvgIpc) is 2.68. The van der Waals surface area contributed by atoms with E-state index < -0.39 is 6.10 Å². The Kier molecular flexibility index (Phi) is 6.08. The van der Waals surface area contributed by atoms with Crippen LogP contribution in [0.2, 0.25) is 0 Å². The van der Waals surface area contributed by atoms with Gasteiger partial charge in [-0.25, -0.2) is 0 Å². The lowest BCUT2D eigenvalue weighted by molar-refractivity contribution is -0.182. The summed E-state index contributed by atoms with van der Waals surface area (Å²) in [6.07, 6.45) is 2.20. The molecule has 0 aromatic heterocycles. The van der Waals surface area contributed by atoms with Gasteiger partial charge < -0.3 is 19.3 Å². The van der Waals surface area contributed by atoms with Crippen LogP contribution in [0.15, 0.2) is 48.5 Å². The van der Waals surface area contributed by atoms with Gasteiger partial charge in [0, 0.05) is 7.11 Å². The maximum absolute atomic E-state index is 10.7. The predicted octanol–water partition coefficient (Wildman–Crippen LogP) is 4.38. The number of aliphatic hydroxyl groups is 1. The highest BCUT2D eigenvalue weighted by atomic mass is 16.7. The van der Waals surface area contributed by atoms with E-state index in [1.165, 1.54) is 0 Å². The van der Waals surface area contributed by atoms with Crippen LogP contribution in [0, 0.1) is 0 Å². The van der Waals surface area contributed by atoms with Gasteiger partial charge in [-0.05, 0) is 55.0 Å². The van der Waals surface area contributed by atoms with E-state index in [1.807, 2.05) is 49.4 Å². The van der Waals surface area contributed by atoms with Gasteiger partial charge in [-0.3, -0.25) is 0 Å². The molecular formula is C21H26O4. The highest BCUT2D eigenvalue weighted by molar-refractivity contribution is 5.36. The fourth-order valence-corrected chi connectivity index (χ4v) is 3.24. The zero-order chi connectivity index (χ0) is 17.6. The Morgan fingerprint density at radius 2 is 1.92 bits per heavy atom. The van der Waals surface area contributed by atoms with Crippen molar-refractivity contribution in [1.29, 1.82) is 0 Å². The lowest BCUT2D eigenvalue weighted by Crippen LogP contribution is -2.23. The minimum atomic E-state index is -0.669. The Hall–Kier alpha value is -1.88. The second-order valence-electron chi connectivity index (χ2n) is 6.30. The number of benzene rings is 2. The van der Waals surface area contributed by atoms with Crippen molar-refractivity contribution in [2.75, 3.05) is 13.7 Å². The van der Waals surface area contributed by atoms with Gasteiger partial charge >= 0.3 is 0 Å². The summed E-state index contributed by atoms with van der Waals surface area (Å²) in [6, 6.07) is 15.6. The molecular weight excluding hydrogens is 316 g/mol. The van der Waals surface area contributed by atoms with Crippen molar-refractivity contribution in [3.8, 4) is 5.75 Å². The first-order chi connectivity index (χ1) is 12.2. The topological polar surface area (TPSA) is 47.9 Å². The van der Waals surface area contributed by atoms with Crippen molar-refractivity contribution in [1.82, 2.24) is 0 Å². The molecule has 3 rings (SSSR count). The van der Waals surface area contributed by atoms with E-state index in [1.54, 1.807) is 7.11 Å². The molecule has 1 saturated heterocycles. The SMILES string of the molecule is CCOc1ccc(C(O)c2cccc([C@@H]3CCC[C@@H](OC)O3)c2)cc1. The third kappa shape index (κ3) is 4.40. The van der Waals surface area contributed by atoms with Crippen LogP contribution >= 0.6 is 0 Å². The van der Waals surface area contributed by atoms with E-state index in [2.05, 4.69) is 6.07 Å². The minimum Gasteiger partial charge on any atom is -0.494 e. The summed E-state index contributed by atoms with van der Waals surface area (Å²) in [6.45, 7) is 2.59. The fraction of sp³-hybridized carbons (Fsp3) is 0.429. The average molecular weight is 342 g/mol. The molecule has 0 saturated carbocycles. The van der Waals surface area contributed by atoms with Gasteiger partial charge in [-0.1, -0.05) is 36.4 Å². The maximum Gasteiger partial charge on any atom is 0.158 e. The van der Waals surface area contributed by atoms with E-state index in [0.29, 0.717) is 6.61 Å². The number of rotatable bonds is 6. The largest absolute Gasteiger partial charge is 0.494 e. The molecule has 4 heteroatoms. The number of aliphatic hydroxyl groups excluding tert-OH is 1. The van der Waals surface area contributed by atoms with Gasteiger partial charge in [0.2, 0.25) is 0 Å². The lowest BCUT2D eigenvalue weighted by atomic mass is 9.95. The number of ether oxygens (including phenoxy) is 3. The summed E-state index contributed by atoms with van der Waals surface area (Å²) in [5, 5.41) is 10.7. The quantitative estimate of drug-likeness (QED) is 0.846. The molecule has 0 radical (unpaired) electrons. The molecule has 1 aliphatic heterocycles. The van der Waals surface area contributed by atoms with Crippen molar-refractivity contribution in [2.24, 2.45) is 0 Å². The third-order valence-corrected chi connectivity index (χ3v) is 4.59. The van der Waals surface area contributed by atoms with Crippen LogP contribution < -0.4 is 4.74 Å². The van der Waals surface area contributed by atoms with Crippen molar-refractivity contribution >= 4 is 0 Å². The molecule has 25 heavy (non-hydrogen) atoms. The van der Waals surface area contributed by atoms with Crippen molar-refractivity contribution in [3.63, 3.8) is 0 Å². The molecule has 3 atom stereocenters. The Morgan fingerprint density at radius 1 is 1.12 bits per heavy atom. The van der Waals surface area contributed by atoms with Crippen LogP contribution in [0.5, 0.6) is 5.75 Å². The van der Waals surface area contributed by atoms with Gasteiger partial charge in [0.25, 0.3) is 0 Å². The summed E-state index contributed by atoms with van der Waals surface area (Å²) in [5.41, 5.74) is 2.80. The van der Waals surface area contributed by atoms with Crippen LogP contribution in [-0.2, 0) is 9.47 Å². The van der Waals surface area contributed by atoms with E-state index >= 15 is 0 Å². The molecule has 2 aromatic rings. The van der Waals surface area contributed by atoms with Crippen molar-refractivity contribution < 1.29 is 19.3 Å². The zero-order valence-corrected chi connectivity index (χ0v) is 14.9. The van der Waals surface area contributed by atoms with Gasteiger partial charge in [-0.15, -0.1) is 0 Å². The number of methoxy groups -OCH3 is 1. The minimum absolute atomic E-state index is 0.0196. The second-order valence-corrected chi connectivity index (χ2v) is 6.30. The maximum atomic E-state index is 10.7. The van der Waals surface area contributed by atoms with Crippen molar-refractivity contribution in [2.45, 2.75) is 44.7 Å². The normalized spacial score (nSPS) is 21.7. The molecule has 1 fully saturated rings. The lowest BCUT2D eigenvalue weighted by Gasteiger charge is -2.29. The van der Waals surface area contributed by atoms with Crippen LogP contribution in [0.1, 0.15) is 55.1 Å². The van der Waals surface area contributed by atoms with E-state index in [-0.39, 0.29) is 12.4 Å². The first kappa shape index (κ1) is 17.9. The molecule has 1 aliphatic rings. The van der Waals surface area contributed by atoms with Crippen LogP contribution in [0.4, 0.5) is 0 Å². The van der Waals surface area contributed by atoms with Gasteiger partial charge in [-0.2, -0.15) is 0 Å². The molecule has 1 heterocycles. The molecule has 2 aromatic carbocycles. The molecule has 1 unspecified atom stereocenters. The number of hydrogen-bond acceptors (Lipinski definition) is 4. The van der Waals surface area contributed by atoms with Crippen LogP contribution in [0.3, 0.4) is 0 Å². The highest BCUT2D eigenvalue weighted by Crippen LogP contribution is 2.33. The highest BCUT2D eigenvalue weighted by Gasteiger charge is 2.24. The zero-order valence-electron chi connectivity index (χ0n) is 14.9. The Balaban J connectivity index is 1.76. The second kappa shape index (κ2) is 8.48. The van der Waals surface area contributed by atoms with Gasteiger partial charge in [0.1, 0.15) is 11.9 Å². The number of hydrogen-bond donors (Lipinski definition) is 1. The summed E-state index contributed by atoms with van der Waals surface area (Å²) >= 11 is 0. The van der Waals surface area contributed by atoms with Gasteiger partial charge in [0.05, 0.1) is 12.7 Å². The molecule has 1 N–H and O–H groups in total. The monoisotopic (exact) mass is 342 g/mol. The Labute approximate surface area is 149 Å². The summed E-state index contributed by atoms with van der Waals surface area (Å²) in [5.74, 6) is 0.813. The van der Waals surface area contributed by atoms with Crippen LogP contribution in [-0.4, -0.2) is 25.1 Å². The Bertz CT molecular complexity index is 668. The Morgan fingerprint density at radius 3 is 2.64 bits per heavy atom. The smallest absolute Gasteiger partial charge is 0.158 e. The molecule has 4 nitrogen and oxygen atoms in total. The molecule has 0 aliphatic carbocycles. The summed E-state index contributed by atoms with van der Waals surface area (Å²) < 4.78 is 16.8. The van der Waals surface area contributed by atoms with E-state index in [4.69, 9.17) is 14.2 Å². The predicted molar refractivity (Wildman–Crippen MR) is 96.6 cm³/mol. The summed E-state index contributed by atoms with van der Waals surface area (Å²) in [4.78, 5) is 0. The summed E-state index contributed by atoms with van der Waals surface area (Å²) in [7, 11) is 1.68. The molecule has 0 bridgehead atoms. The van der Waals surface area contributed by atoms with Crippen molar-refractivity contribution in [3.05, 3.63) is 65.2 Å². The van der Waals surface area contributed by atoms with E-state index in [9.17, 15) is 5.11 Å². The fourth-order valence-electron chi connectivity index (χ4n) is 3.24. The first-order valence-electron chi connectivity index (χ1n) is 8.90.